The van der Waals surface area contributed by atoms with E-state index in [0.29, 0.717) is 23.8 Å². The minimum atomic E-state index is -0.000588. The maximum absolute atomic E-state index is 12.7. The molecule has 21 heavy (non-hydrogen) atoms. The number of rotatable bonds is 3. The van der Waals surface area contributed by atoms with Crippen molar-refractivity contribution >= 4 is 5.91 Å². The fourth-order valence-corrected chi connectivity index (χ4v) is 2.74. The van der Waals surface area contributed by atoms with E-state index in [1.165, 1.54) is 0 Å². The van der Waals surface area contributed by atoms with Gasteiger partial charge in [-0.2, -0.15) is 5.10 Å². The molecule has 1 atom stereocenters. The minimum absolute atomic E-state index is 0.000588. The fraction of sp³-hybridized carbons (Fsp3) is 0.400. The van der Waals surface area contributed by atoms with Gasteiger partial charge in [-0.1, -0.05) is 0 Å². The average Bonchev–Trinajstić information content (AvgIpc) is 3.17. The summed E-state index contributed by atoms with van der Waals surface area (Å²) in [7, 11) is 1.56. The number of nitrogens with zero attached hydrogens (tertiary/aromatic N) is 3. The molecular weight excluding hydrogens is 268 g/mol. The highest BCUT2D eigenvalue weighted by Crippen LogP contribution is 2.28. The van der Waals surface area contributed by atoms with E-state index in [4.69, 9.17) is 4.74 Å². The summed E-state index contributed by atoms with van der Waals surface area (Å²) in [6.45, 7) is 3.31. The molecular formula is C15H18N4O2. The number of aromatic nitrogens is 3. The van der Waals surface area contributed by atoms with E-state index < -0.39 is 0 Å². The Morgan fingerprint density at radius 2 is 2.38 bits per heavy atom. The van der Waals surface area contributed by atoms with Crippen molar-refractivity contribution in [1.29, 1.82) is 0 Å². The van der Waals surface area contributed by atoms with E-state index in [1.54, 1.807) is 25.6 Å². The van der Waals surface area contributed by atoms with E-state index in [-0.39, 0.29) is 5.91 Å². The van der Waals surface area contributed by atoms with Crippen LogP contribution in [0.4, 0.5) is 0 Å². The van der Waals surface area contributed by atoms with Crippen LogP contribution in [0.3, 0.4) is 0 Å². The molecule has 0 radical (unpaired) electrons. The minimum Gasteiger partial charge on any atom is -0.494 e. The van der Waals surface area contributed by atoms with Crippen LogP contribution in [0, 0.1) is 6.92 Å². The number of aromatic amines is 1. The second kappa shape index (κ2) is 5.55. The molecule has 2 aromatic rings. The van der Waals surface area contributed by atoms with Crippen molar-refractivity contribution in [3.05, 3.63) is 41.5 Å². The van der Waals surface area contributed by atoms with Crippen molar-refractivity contribution in [2.45, 2.75) is 19.3 Å². The van der Waals surface area contributed by atoms with Crippen molar-refractivity contribution in [2.75, 3.05) is 20.2 Å². The first-order valence-corrected chi connectivity index (χ1v) is 6.98. The van der Waals surface area contributed by atoms with Crippen molar-refractivity contribution in [2.24, 2.45) is 0 Å². The number of likely N-dealkylation sites (tertiary alicyclic amines) is 1. The van der Waals surface area contributed by atoms with E-state index >= 15 is 0 Å². The largest absolute Gasteiger partial charge is 0.494 e. The molecule has 1 N–H and O–H groups in total. The van der Waals surface area contributed by atoms with Crippen LogP contribution in [0.25, 0.3) is 0 Å². The molecule has 1 saturated heterocycles. The van der Waals surface area contributed by atoms with Gasteiger partial charge in [-0.3, -0.25) is 14.9 Å². The zero-order valence-corrected chi connectivity index (χ0v) is 12.2. The van der Waals surface area contributed by atoms with Gasteiger partial charge < -0.3 is 9.64 Å². The summed E-state index contributed by atoms with van der Waals surface area (Å²) >= 11 is 0. The third-order valence-corrected chi connectivity index (χ3v) is 3.89. The van der Waals surface area contributed by atoms with Crippen LogP contribution in [0.1, 0.15) is 34.1 Å². The maximum atomic E-state index is 12.7. The molecule has 3 heterocycles. The van der Waals surface area contributed by atoms with Gasteiger partial charge in [0.05, 0.1) is 18.9 Å². The number of amides is 1. The Bertz CT molecular complexity index is 639. The summed E-state index contributed by atoms with van der Waals surface area (Å²) in [6, 6.07) is 3.75. The monoisotopic (exact) mass is 286 g/mol. The lowest BCUT2D eigenvalue weighted by molar-refractivity contribution is 0.0787. The molecule has 6 heteroatoms. The number of H-pyrrole nitrogens is 1. The van der Waals surface area contributed by atoms with Crippen LogP contribution >= 0.6 is 0 Å². The van der Waals surface area contributed by atoms with Gasteiger partial charge in [-0.05, 0) is 25.5 Å². The Kier molecular flexibility index (Phi) is 3.60. The molecule has 1 amide bonds. The molecule has 110 valence electrons. The molecule has 0 saturated carbocycles. The molecule has 1 fully saturated rings. The zero-order chi connectivity index (χ0) is 14.8. The van der Waals surface area contributed by atoms with Gasteiger partial charge in [0, 0.05) is 36.6 Å². The molecule has 0 spiro atoms. The first kappa shape index (κ1) is 13.6. The summed E-state index contributed by atoms with van der Waals surface area (Å²) in [5.74, 6) is 0.848. The number of methoxy groups -OCH3 is 1. The Hall–Kier alpha value is -2.37. The molecule has 3 rings (SSSR count). The smallest absolute Gasteiger partial charge is 0.257 e. The third kappa shape index (κ3) is 2.61. The van der Waals surface area contributed by atoms with E-state index in [2.05, 4.69) is 15.2 Å². The number of nitrogens with one attached hydrogen (secondary N) is 1. The van der Waals surface area contributed by atoms with Crippen LogP contribution < -0.4 is 4.74 Å². The van der Waals surface area contributed by atoms with Gasteiger partial charge in [0.15, 0.2) is 0 Å². The predicted octanol–water partition coefficient (Wildman–Crippen LogP) is 1.75. The lowest BCUT2D eigenvalue weighted by Gasteiger charge is -2.18. The van der Waals surface area contributed by atoms with Crippen LogP contribution in [0.15, 0.2) is 24.5 Å². The Morgan fingerprint density at radius 1 is 1.52 bits per heavy atom. The zero-order valence-electron chi connectivity index (χ0n) is 12.2. The Balaban J connectivity index is 1.79. The summed E-state index contributed by atoms with van der Waals surface area (Å²) in [5.41, 5.74) is 2.47. The number of hydrogen-bond acceptors (Lipinski definition) is 4. The molecule has 1 unspecified atom stereocenters. The van der Waals surface area contributed by atoms with E-state index in [1.807, 2.05) is 17.9 Å². The summed E-state index contributed by atoms with van der Waals surface area (Å²) in [6.07, 6.45) is 4.29. The van der Waals surface area contributed by atoms with Gasteiger partial charge in [0.25, 0.3) is 5.91 Å². The molecule has 1 aliphatic rings. The first-order valence-electron chi connectivity index (χ1n) is 6.98. The molecule has 2 aromatic heterocycles. The lowest BCUT2D eigenvalue weighted by atomic mass is 10.1. The standard InChI is InChI=1S/C15H18N4O2/c1-10-7-12(14(21-2)8-16-10)15(20)19-6-4-11(9-19)13-3-5-17-18-13/h3,5,7-8,11H,4,6,9H2,1-2H3,(H,17,18). The van der Waals surface area contributed by atoms with Gasteiger partial charge in [0.2, 0.25) is 0 Å². The number of carbonyl (C=O) groups excluding carboxylic acids is 1. The number of ether oxygens (including phenoxy) is 1. The molecule has 0 bridgehead atoms. The van der Waals surface area contributed by atoms with E-state index in [0.717, 1.165) is 24.4 Å². The summed E-state index contributed by atoms with van der Waals surface area (Å²) in [4.78, 5) is 18.7. The second-order valence-electron chi connectivity index (χ2n) is 5.27. The summed E-state index contributed by atoms with van der Waals surface area (Å²) in [5, 5.41) is 6.96. The van der Waals surface area contributed by atoms with Crippen molar-refractivity contribution < 1.29 is 9.53 Å². The normalized spacial score (nSPS) is 18.0. The van der Waals surface area contributed by atoms with Crippen LogP contribution in [0.2, 0.25) is 0 Å². The quantitative estimate of drug-likeness (QED) is 0.933. The highest BCUT2D eigenvalue weighted by molar-refractivity contribution is 5.97. The van der Waals surface area contributed by atoms with E-state index in [9.17, 15) is 4.79 Å². The van der Waals surface area contributed by atoms with Gasteiger partial charge in [-0.25, -0.2) is 0 Å². The number of aryl methyl sites for hydroxylation is 1. The number of hydrogen-bond donors (Lipinski definition) is 1. The van der Waals surface area contributed by atoms with Crippen LogP contribution in [-0.4, -0.2) is 46.2 Å². The SMILES string of the molecule is COc1cnc(C)cc1C(=O)N1CCC(c2ccn[nH]2)C1. The van der Waals surface area contributed by atoms with Crippen molar-refractivity contribution in [3.8, 4) is 5.75 Å². The van der Waals surface area contributed by atoms with Gasteiger partial charge in [0.1, 0.15) is 5.75 Å². The second-order valence-corrected chi connectivity index (χ2v) is 5.27. The van der Waals surface area contributed by atoms with Crippen molar-refractivity contribution in [1.82, 2.24) is 20.1 Å². The van der Waals surface area contributed by atoms with Crippen LogP contribution in [0.5, 0.6) is 5.75 Å². The highest BCUT2D eigenvalue weighted by atomic mass is 16.5. The maximum Gasteiger partial charge on any atom is 0.257 e. The number of carbonyl (C=O) groups is 1. The van der Waals surface area contributed by atoms with Crippen LogP contribution in [-0.2, 0) is 0 Å². The predicted molar refractivity (Wildman–Crippen MR) is 77.4 cm³/mol. The van der Waals surface area contributed by atoms with Crippen molar-refractivity contribution in [3.63, 3.8) is 0 Å². The topological polar surface area (TPSA) is 71.1 Å². The average molecular weight is 286 g/mol. The highest BCUT2D eigenvalue weighted by Gasteiger charge is 2.30. The fourth-order valence-electron chi connectivity index (χ4n) is 2.74. The molecule has 6 nitrogen and oxygen atoms in total. The third-order valence-electron chi connectivity index (χ3n) is 3.89. The number of pyridine rings is 1. The van der Waals surface area contributed by atoms with Gasteiger partial charge >= 0.3 is 0 Å². The lowest BCUT2D eigenvalue weighted by Crippen LogP contribution is -2.29. The Labute approximate surface area is 123 Å². The Morgan fingerprint density at radius 3 is 3.10 bits per heavy atom. The molecule has 1 aliphatic heterocycles. The molecule has 0 aliphatic carbocycles. The molecule has 0 aromatic carbocycles. The summed E-state index contributed by atoms with van der Waals surface area (Å²) < 4.78 is 5.25. The first-order chi connectivity index (χ1) is 10.2. The van der Waals surface area contributed by atoms with Gasteiger partial charge in [-0.15, -0.1) is 0 Å².